The Morgan fingerprint density at radius 3 is 2.00 bits per heavy atom. The van der Waals surface area contributed by atoms with Crippen LogP contribution in [0.15, 0.2) is 60.7 Å². The monoisotopic (exact) mass is 420 g/mol. The van der Waals surface area contributed by atoms with E-state index < -0.39 is 7.92 Å². The smallest absolute Gasteiger partial charge is 0.314 e. The highest BCUT2D eigenvalue weighted by Crippen LogP contribution is 2.56. The summed E-state index contributed by atoms with van der Waals surface area (Å²) in [6, 6.07) is 20.3. The van der Waals surface area contributed by atoms with Crippen molar-refractivity contribution in [2.24, 2.45) is 5.92 Å². The molecule has 1 aliphatic carbocycles. The summed E-state index contributed by atoms with van der Waals surface area (Å²) < 4.78 is 5.63. The summed E-state index contributed by atoms with van der Waals surface area (Å²) in [5.74, 6) is 0.256. The van der Waals surface area contributed by atoms with Gasteiger partial charge in [-0.1, -0.05) is 74.5 Å². The van der Waals surface area contributed by atoms with Crippen LogP contribution in [0.4, 0.5) is 0 Å². The molecular formula is C25H27NO3P. The average molecular weight is 420 g/mol. The molecule has 1 fully saturated rings. The van der Waals surface area contributed by atoms with Gasteiger partial charge >= 0.3 is 5.97 Å². The molecule has 1 N–H and O–H groups in total. The van der Waals surface area contributed by atoms with Gasteiger partial charge in [0, 0.05) is 12.6 Å². The van der Waals surface area contributed by atoms with E-state index >= 15 is 0 Å². The fourth-order valence-corrected chi connectivity index (χ4v) is 5.70. The van der Waals surface area contributed by atoms with Crippen molar-refractivity contribution >= 4 is 30.4 Å². The number of rotatable bonds is 8. The van der Waals surface area contributed by atoms with Gasteiger partial charge in [-0.25, -0.2) is 0 Å². The van der Waals surface area contributed by atoms with Gasteiger partial charge in [0.1, 0.15) is 12.5 Å². The van der Waals surface area contributed by atoms with E-state index in [-0.39, 0.29) is 30.4 Å². The highest BCUT2D eigenvalue weighted by Gasteiger charge is 2.42. The first-order valence-electron chi connectivity index (χ1n) is 10.1. The van der Waals surface area contributed by atoms with Crippen LogP contribution in [0, 0.1) is 36.8 Å². The molecule has 4 nitrogen and oxygen atoms in total. The van der Waals surface area contributed by atoms with Crippen LogP contribution in [0.3, 0.4) is 0 Å². The molecule has 2 aromatic carbocycles. The summed E-state index contributed by atoms with van der Waals surface area (Å²) >= 11 is 0. The van der Waals surface area contributed by atoms with Gasteiger partial charge < -0.3 is 10.1 Å². The number of benzene rings is 2. The molecule has 1 atom stereocenters. The summed E-state index contributed by atoms with van der Waals surface area (Å²) in [7, 11) is -0.885. The second-order valence-corrected chi connectivity index (χ2v) is 9.67. The predicted molar refractivity (Wildman–Crippen MR) is 122 cm³/mol. The number of carbonyl (C=O) groups is 2. The van der Waals surface area contributed by atoms with E-state index in [0.717, 1.165) is 5.66 Å². The number of nitrogens with one attached hydrogen (secondary N) is 1. The van der Waals surface area contributed by atoms with Crippen molar-refractivity contribution in [3.05, 3.63) is 91.5 Å². The van der Waals surface area contributed by atoms with Crippen molar-refractivity contribution in [3.8, 4) is 0 Å². The van der Waals surface area contributed by atoms with Gasteiger partial charge in [0.2, 0.25) is 5.91 Å². The van der Waals surface area contributed by atoms with Crippen LogP contribution in [0.2, 0.25) is 0 Å². The van der Waals surface area contributed by atoms with Crippen molar-refractivity contribution in [1.29, 1.82) is 0 Å². The van der Waals surface area contributed by atoms with E-state index in [2.05, 4.69) is 29.6 Å². The van der Waals surface area contributed by atoms with E-state index in [0.29, 0.717) is 5.92 Å². The first kappa shape index (κ1) is 22.5. The zero-order valence-corrected chi connectivity index (χ0v) is 18.4. The Balaban J connectivity index is 1.78. The highest BCUT2D eigenvalue weighted by atomic mass is 31.1. The van der Waals surface area contributed by atoms with Gasteiger partial charge in [-0.2, -0.15) is 0 Å². The Labute approximate surface area is 181 Å². The molecule has 3 rings (SSSR count). The lowest BCUT2D eigenvalue weighted by molar-refractivity contribution is -0.142. The Morgan fingerprint density at radius 2 is 1.50 bits per heavy atom. The second kappa shape index (κ2) is 10.7. The zero-order valence-electron chi connectivity index (χ0n) is 17.5. The lowest BCUT2D eigenvalue weighted by Crippen LogP contribution is -2.41. The molecule has 1 aliphatic rings. The Hall–Kier alpha value is -2.19. The molecule has 155 valence electrons. The SMILES string of the molecule is CC(=O)N[C@H](COC(=O)[C]1[CH][CH][CH][C]1P(c1ccccc1)c1ccccc1)C(C)C. The Morgan fingerprint density at radius 1 is 0.933 bits per heavy atom. The van der Waals surface area contributed by atoms with Crippen LogP contribution in [0.1, 0.15) is 20.8 Å². The molecule has 5 radical (unpaired) electrons. The topological polar surface area (TPSA) is 55.4 Å². The Kier molecular flexibility index (Phi) is 8.04. The summed E-state index contributed by atoms with van der Waals surface area (Å²) in [4.78, 5) is 24.4. The highest BCUT2D eigenvalue weighted by molar-refractivity contribution is 7.76. The number of amides is 1. The van der Waals surface area contributed by atoms with Crippen molar-refractivity contribution in [3.63, 3.8) is 0 Å². The second-order valence-electron chi connectivity index (χ2n) is 7.48. The van der Waals surface area contributed by atoms with E-state index in [9.17, 15) is 9.59 Å². The van der Waals surface area contributed by atoms with E-state index in [1.54, 1.807) is 0 Å². The van der Waals surface area contributed by atoms with Gasteiger partial charge in [0.05, 0.1) is 6.04 Å². The lowest BCUT2D eigenvalue weighted by atomic mass is 10.1. The number of hydrogen-bond donors (Lipinski definition) is 1. The molecule has 0 saturated heterocycles. The molecular weight excluding hydrogens is 393 g/mol. The van der Waals surface area contributed by atoms with Crippen molar-refractivity contribution in [2.75, 3.05) is 6.61 Å². The maximum Gasteiger partial charge on any atom is 0.314 e. The van der Waals surface area contributed by atoms with Gasteiger partial charge in [0.15, 0.2) is 0 Å². The van der Waals surface area contributed by atoms with E-state index in [1.165, 1.54) is 17.5 Å². The minimum absolute atomic E-state index is 0.129. The minimum atomic E-state index is -0.885. The van der Waals surface area contributed by atoms with Crippen molar-refractivity contribution in [1.82, 2.24) is 5.32 Å². The van der Waals surface area contributed by atoms with Crippen LogP contribution >= 0.6 is 7.92 Å². The maximum absolute atomic E-state index is 13.0. The number of esters is 1. The van der Waals surface area contributed by atoms with Gasteiger partial charge in [-0.15, -0.1) is 0 Å². The van der Waals surface area contributed by atoms with Crippen LogP contribution in [-0.2, 0) is 14.3 Å². The Bertz CT molecular complexity index is 785. The molecule has 5 heteroatoms. The molecule has 0 aromatic heterocycles. The van der Waals surface area contributed by atoms with Crippen LogP contribution in [0.25, 0.3) is 0 Å². The van der Waals surface area contributed by atoms with Crippen LogP contribution < -0.4 is 15.9 Å². The third-order valence-electron chi connectivity index (χ3n) is 4.87. The summed E-state index contributed by atoms with van der Waals surface area (Å²) in [5, 5.41) is 5.21. The van der Waals surface area contributed by atoms with Crippen LogP contribution in [0.5, 0.6) is 0 Å². The first-order chi connectivity index (χ1) is 14.5. The molecule has 0 bridgehead atoms. The molecule has 1 amide bonds. The van der Waals surface area contributed by atoms with Gasteiger partial charge in [0.25, 0.3) is 0 Å². The lowest BCUT2D eigenvalue weighted by Gasteiger charge is -2.28. The van der Waals surface area contributed by atoms with Gasteiger partial charge in [-0.05, 0) is 43.7 Å². The molecule has 0 heterocycles. The largest absolute Gasteiger partial charge is 0.463 e. The number of ether oxygens (including phenoxy) is 1. The third kappa shape index (κ3) is 5.70. The van der Waals surface area contributed by atoms with E-state index in [1.807, 2.05) is 69.5 Å². The average Bonchev–Trinajstić information content (AvgIpc) is 3.21. The van der Waals surface area contributed by atoms with Crippen molar-refractivity contribution < 1.29 is 14.3 Å². The molecule has 0 unspecified atom stereocenters. The number of carbonyl (C=O) groups excluding carboxylic acids is 2. The van der Waals surface area contributed by atoms with Crippen LogP contribution in [-0.4, -0.2) is 24.5 Å². The third-order valence-corrected chi connectivity index (χ3v) is 7.37. The minimum Gasteiger partial charge on any atom is -0.463 e. The molecule has 0 aliphatic heterocycles. The fraction of sp³-hybridized carbons (Fsp3) is 0.240. The van der Waals surface area contributed by atoms with Gasteiger partial charge in [-0.3, -0.25) is 9.59 Å². The molecule has 0 spiro atoms. The predicted octanol–water partition coefficient (Wildman–Crippen LogP) is 3.56. The molecule has 1 saturated carbocycles. The maximum atomic E-state index is 13.0. The van der Waals surface area contributed by atoms with E-state index in [4.69, 9.17) is 4.74 Å². The summed E-state index contributed by atoms with van der Waals surface area (Å²) in [6.45, 7) is 5.60. The summed E-state index contributed by atoms with van der Waals surface area (Å²) in [5.41, 5.74) is 0.980. The molecule has 2 aromatic rings. The first-order valence-corrected chi connectivity index (χ1v) is 11.4. The zero-order chi connectivity index (χ0) is 21.5. The number of hydrogen-bond acceptors (Lipinski definition) is 3. The standard InChI is InChI=1S/C25H27NO3P/c1-18(2)23(26-19(3)27)17-29-25(28)22-15-10-16-24(22)30(20-11-6-4-7-12-20)21-13-8-5-9-14-21/h4-16,18,23H,17H2,1-3H3,(H,26,27)/t23-/m1/s1. The fourth-order valence-electron chi connectivity index (χ4n) is 3.26. The quantitative estimate of drug-likeness (QED) is 0.525. The van der Waals surface area contributed by atoms with Crippen molar-refractivity contribution in [2.45, 2.75) is 26.8 Å². The summed E-state index contributed by atoms with van der Waals surface area (Å²) in [6.07, 6.45) is 5.73. The normalized spacial score (nSPS) is 16.0. The molecule has 30 heavy (non-hydrogen) atoms.